The van der Waals surface area contributed by atoms with Crippen molar-refractivity contribution >= 4 is 22.3 Å². The van der Waals surface area contributed by atoms with Gasteiger partial charge in [-0.05, 0) is 12.8 Å². The van der Waals surface area contributed by atoms with E-state index >= 15 is 0 Å². The number of anilines is 1. The van der Waals surface area contributed by atoms with Gasteiger partial charge in [-0.1, -0.05) is 0 Å². The van der Waals surface area contributed by atoms with Gasteiger partial charge in [-0.2, -0.15) is 0 Å². The number of unbranched alkanes of at least 4 members (excludes halogenated alkanes) is 2. The molecule has 2 N–H and O–H groups in total. The second-order valence-corrected chi connectivity index (χ2v) is 3.78. The molecule has 1 aromatic heterocycles. The third kappa shape index (κ3) is 3.60. The van der Waals surface area contributed by atoms with Gasteiger partial charge in [-0.15, -0.1) is 23.7 Å². The van der Waals surface area contributed by atoms with E-state index in [1.54, 1.807) is 0 Å². The van der Waals surface area contributed by atoms with Crippen LogP contribution in [-0.2, 0) is 0 Å². The molecule has 0 fully saturated rings. The van der Waals surface area contributed by atoms with Gasteiger partial charge in [0.15, 0.2) is 5.69 Å². The van der Waals surface area contributed by atoms with Gasteiger partial charge in [0.05, 0.1) is 5.51 Å². The van der Waals surface area contributed by atoms with E-state index in [0.717, 1.165) is 25.8 Å². The molecule has 0 aliphatic rings. The number of hydrogen-bond acceptors (Lipinski definition) is 4. The lowest BCUT2D eigenvalue weighted by atomic mass is 10.2. The molecule has 0 amide bonds. The van der Waals surface area contributed by atoms with Crippen molar-refractivity contribution in [2.24, 2.45) is 0 Å². The van der Waals surface area contributed by atoms with Crippen LogP contribution in [0.5, 0.6) is 0 Å². The van der Waals surface area contributed by atoms with Crippen LogP contribution in [0, 0.1) is 12.3 Å². The van der Waals surface area contributed by atoms with Crippen LogP contribution in [0.1, 0.15) is 29.8 Å². The van der Waals surface area contributed by atoms with Gasteiger partial charge < -0.3 is 10.4 Å². The van der Waals surface area contributed by atoms with Crippen molar-refractivity contribution < 1.29 is 9.90 Å². The first kappa shape index (κ1) is 11.5. The monoisotopic (exact) mass is 224 g/mol. The quantitative estimate of drug-likeness (QED) is 0.573. The van der Waals surface area contributed by atoms with Crippen LogP contribution in [0.2, 0.25) is 0 Å². The third-order valence-corrected chi connectivity index (χ3v) is 2.59. The highest BCUT2D eigenvalue weighted by Crippen LogP contribution is 2.19. The highest BCUT2D eigenvalue weighted by atomic mass is 32.1. The summed E-state index contributed by atoms with van der Waals surface area (Å²) < 4.78 is 0. The summed E-state index contributed by atoms with van der Waals surface area (Å²) in [5.41, 5.74) is 1.62. The molecule has 0 atom stereocenters. The van der Waals surface area contributed by atoms with Crippen molar-refractivity contribution in [3.63, 3.8) is 0 Å². The third-order valence-electron chi connectivity index (χ3n) is 1.80. The van der Waals surface area contributed by atoms with Crippen LogP contribution in [0.4, 0.5) is 5.00 Å². The van der Waals surface area contributed by atoms with E-state index in [1.807, 2.05) is 0 Å². The molecule has 0 unspecified atom stereocenters. The molecule has 4 nitrogen and oxygen atoms in total. The standard InChI is InChI=1S/C10H12N2O2S/c1-2-3-4-5-6-11-9-8(10(13)14)12-7-15-9/h1,7,11H,3-6H2,(H,13,14). The Morgan fingerprint density at radius 3 is 3.13 bits per heavy atom. The first-order valence-electron chi connectivity index (χ1n) is 4.60. The summed E-state index contributed by atoms with van der Waals surface area (Å²) in [4.78, 5) is 14.5. The number of aromatic nitrogens is 1. The van der Waals surface area contributed by atoms with Crippen LogP contribution < -0.4 is 5.32 Å². The fraction of sp³-hybridized carbons (Fsp3) is 0.400. The molecule has 1 rings (SSSR count). The number of carboxylic acids is 1. The summed E-state index contributed by atoms with van der Waals surface area (Å²) in [6, 6.07) is 0. The molecule has 1 aromatic rings. The van der Waals surface area contributed by atoms with Crippen molar-refractivity contribution in [2.75, 3.05) is 11.9 Å². The number of terminal acetylenes is 1. The minimum Gasteiger partial charge on any atom is -0.476 e. The van der Waals surface area contributed by atoms with Gasteiger partial charge in [-0.25, -0.2) is 9.78 Å². The van der Waals surface area contributed by atoms with E-state index in [0.29, 0.717) is 5.00 Å². The highest BCUT2D eigenvalue weighted by Gasteiger charge is 2.12. The van der Waals surface area contributed by atoms with Gasteiger partial charge in [0.25, 0.3) is 0 Å². The van der Waals surface area contributed by atoms with E-state index in [2.05, 4.69) is 16.2 Å². The number of carbonyl (C=O) groups is 1. The van der Waals surface area contributed by atoms with Crippen molar-refractivity contribution in [1.82, 2.24) is 4.98 Å². The summed E-state index contributed by atoms with van der Waals surface area (Å²) >= 11 is 1.30. The first-order chi connectivity index (χ1) is 7.25. The lowest BCUT2D eigenvalue weighted by Crippen LogP contribution is -2.05. The molecule has 0 radical (unpaired) electrons. The van der Waals surface area contributed by atoms with Gasteiger partial charge >= 0.3 is 5.97 Å². The summed E-state index contributed by atoms with van der Waals surface area (Å²) in [5, 5.41) is 12.4. The lowest BCUT2D eigenvalue weighted by molar-refractivity contribution is 0.0692. The highest BCUT2D eigenvalue weighted by molar-refractivity contribution is 7.14. The summed E-state index contributed by atoms with van der Waals surface area (Å²) in [7, 11) is 0. The van der Waals surface area contributed by atoms with Crippen LogP contribution in [0.25, 0.3) is 0 Å². The number of carboxylic acid groups (broad SMARTS) is 1. The van der Waals surface area contributed by atoms with Crippen molar-refractivity contribution in [3.8, 4) is 12.3 Å². The van der Waals surface area contributed by atoms with Crippen LogP contribution in [-0.4, -0.2) is 22.6 Å². The molecule has 0 saturated carbocycles. The Labute approximate surface area is 92.4 Å². The molecule has 15 heavy (non-hydrogen) atoms. The second kappa shape index (κ2) is 6.04. The predicted octanol–water partition coefficient (Wildman–Crippen LogP) is 2.06. The molecule has 0 spiro atoms. The summed E-state index contributed by atoms with van der Waals surface area (Å²) in [6.07, 6.45) is 7.75. The topological polar surface area (TPSA) is 62.2 Å². The van der Waals surface area contributed by atoms with Crippen molar-refractivity contribution in [3.05, 3.63) is 11.2 Å². The van der Waals surface area contributed by atoms with Gasteiger partial charge in [-0.3, -0.25) is 0 Å². The van der Waals surface area contributed by atoms with Crippen molar-refractivity contribution in [1.29, 1.82) is 0 Å². The largest absolute Gasteiger partial charge is 0.476 e. The molecule has 0 saturated heterocycles. The van der Waals surface area contributed by atoms with Gasteiger partial charge in [0.2, 0.25) is 0 Å². The van der Waals surface area contributed by atoms with E-state index in [-0.39, 0.29) is 5.69 Å². The zero-order valence-corrected chi connectivity index (χ0v) is 9.01. The van der Waals surface area contributed by atoms with Gasteiger partial charge in [0.1, 0.15) is 5.00 Å². The molecule has 1 heterocycles. The van der Waals surface area contributed by atoms with E-state index in [9.17, 15) is 4.79 Å². The summed E-state index contributed by atoms with van der Waals surface area (Å²) in [5.74, 6) is 1.56. The predicted molar refractivity (Wildman–Crippen MR) is 60.2 cm³/mol. The molecule has 0 aliphatic carbocycles. The number of aromatic carboxylic acids is 1. The summed E-state index contributed by atoms with van der Waals surface area (Å²) in [6.45, 7) is 0.726. The van der Waals surface area contributed by atoms with Crippen molar-refractivity contribution in [2.45, 2.75) is 19.3 Å². The maximum atomic E-state index is 10.7. The fourth-order valence-corrected chi connectivity index (χ4v) is 1.78. The average Bonchev–Trinajstić information content (AvgIpc) is 2.66. The Morgan fingerprint density at radius 2 is 2.47 bits per heavy atom. The maximum absolute atomic E-state index is 10.7. The Bertz CT molecular complexity index is 368. The smallest absolute Gasteiger partial charge is 0.357 e. The Hall–Kier alpha value is -1.54. The Morgan fingerprint density at radius 1 is 1.67 bits per heavy atom. The lowest BCUT2D eigenvalue weighted by Gasteiger charge is -2.02. The number of hydrogen-bond donors (Lipinski definition) is 2. The van der Waals surface area contributed by atoms with E-state index in [4.69, 9.17) is 11.5 Å². The van der Waals surface area contributed by atoms with E-state index < -0.39 is 5.97 Å². The molecule has 5 heteroatoms. The fourth-order valence-electron chi connectivity index (χ4n) is 1.08. The molecule has 0 aromatic carbocycles. The number of nitrogens with one attached hydrogen (secondary N) is 1. The first-order valence-corrected chi connectivity index (χ1v) is 5.47. The minimum absolute atomic E-state index is 0.0944. The molecule has 0 aliphatic heterocycles. The zero-order chi connectivity index (χ0) is 11.1. The Kier molecular flexibility index (Phi) is 4.64. The van der Waals surface area contributed by atoms with Gasteiger partial charge in [0, 0.05) is 13.0 Å². The molecule has 80 valence electrons. The average molecular weight is 224 g/mol. The maximum Gasteiger partial charge on any atom is 0.357 e. The van der Waals surface area contributed by atoms with Crippen LogP contribution in [0.3, 0.4) is 0 Å². The molecular weight excluding hydrogens is 212 g/mol. The van der Waals surface area contributed by atoms with Crippen LogP contribution in [0.15, 0.2) is 5.51 Å². The molecular formula is C10H12N2O2S. The SMILES string of the molecule is C#CCCCCNc1scnc1C(=O)O. The zero-order valence-electron chi connectivity index (χ0n) is 8.19. The second-order valence-electron chi connectivity index (χ2n) is 2.92. The number of nitrogens with zero attached hydrogens (tertiary/aromatic N) is 1. The minimum atomic E-state index is -0.998. The van der Waals surface area contributed by atoms with Crippen LogP contribution >= 0.6 is 11.3 Å². The normalized spacial score (nSPS) is 9.53. The van der Waals surface area contributed by atoms with E-state index in [1.165, 1.54) is 16.8 Å². The Balaban J connectivity index is 2.35. The molecule has 0 bridgehead atoms. The number of thiazole rings is 1. The number of rotatable bonds is 6.